The Morgan fingerprint density at radius 1 is 0.611 bits per heavy atom. The number of carbonyl (C=O) groups excluding carboxylic acids is 2. The van der Waals surface area contributed by atoms with Crippen molar-refractivity contribution in [2.75, 3.05) is 0 Å². The zero-order chi connectivity index (χ0) is 13.2. The zero-order valence-electron chi connectivity index (χ0n) is 8.48. The maximum Gasteiger partial charge on any atom is 0.235 e. The Kier molecular flexibility index (Phi) is 2.62. The van der Waals surface area contributed by atoms with Gasteiger partial charge in [0.05, 0.1) is 31.2 Å². The molecule has 0 amide bonds. The molecule has 0 spiro atoms. The molecule has 3 rings (SSSR count). The summed E-state index contributed by atoms with van der Waals surface area (Å²) < 4.78 is 0. The minimum atomic E-state index is -0.680. The average molecular weight is 320 g/mol. The first-order chi connectivity index (χ1) is 8.43. The highest BCUT2D eigenvalue weighted by Gasteiger charge is 2.36. The highest BCUT2D eigenvalue weighted by Crippen LogP contribution is 2.45. The summed E-state index contributed by atoms with van der Waals surface area (Å²) in [6.45, 7) is 0. The molecular weight excluding hydrogens is 318 g/mol. The first kappa shape index (κ1) is 12.2. The van der Waals surface area contributed by atoms with E-state index in [2.05, 4.69) is 0 Å². The Morgan fingerprint density at radius 3 is 1.39 bits per heavy atom. The number of rotatable bonds is 0. The molecule has 1 aliphatic carbocycles. The number of Topliss-reactive ketones (excluding diaryl/α,β-unsaturated/α-hetero) is 2. The molecule has 0 N–H and O–H groups in total. The van der Waals surface area contributed by atoms with Crippen LogP contribution >= 0.6 is 46.4 Å². The topological polar surface area (TPSA) is 34.1 Å². The molecule has 0 unspecified atom stereocenters. The van der Waals surface area contributed by atoms with E-state index in [4.69, 9.17) is 46.4 Å². The van der Waals surface area contributed by atoms with Crippen molar-refractivity contribution in [1.82, 2.24) is 0 Å². The summed E-state index contributed by atoms with van der Waals surface area (Å²) in [5.74, 6) is -1.36. The van der Waals surface area contributed by atoms with Crippen LogP contribution in [-0.4, -0.2) is 11.6 Å². The van der Waals surface area contributed by atoms with Crippen molar-refractivity contribution in [3.05, 3.63) is 43.4 Å². The number of hydrogen-bond donors (Lipinski definition) is 0. The second kappa shape index (κ2) is 3.84. The van der Waals surface area contributed by atoms with Gasteiger partial charge in [0.2, 0.25) is 11.6 Å². The normalized spacial score (nSPS) is 13.8. The van der Waals surface area contributed by atoms with Gasteiger partial charge in [-0.05, 0) is 12.1 Å². The van der Waals surface area contributed by atoms with Crippen LogP contribution in [0.2, 0.25) is 20.1 Å². The number of ketones is 2. The molecule has 2 aromatic carbocycles. The highest BCUT2D eigenvalue weighted by atomic mass is 35.5. The SMILES string of the molecule is O=C1C(=O)c2c(Cl)cc(Cl)c3c(Cl)cc(Cl)c1c23. The van der Waals surface area contributed by atoms with Gasteiger partial charge in [0.15, 0.2) is 0 Å². The lowest BCUT2D eigenvalue weighted by Crippen LogP contribution is -2.07. The van der Waals surface area contributed by atoms with Crippen molar-refractivity contribution < 1.29 is 9.59 Å². The van der Waals surface area contributed by atoms with E-state index in [0.717, 1.165) is 0 Å². The smallest absolute Gasteiger partial charge is 0.235 e. The second-order valence-corrected chi connectivity index (χ2v) is 5.47. The van der Waals surface area contributed by atoms with Crippen LogP contribution in [-0.2, 0) is 0 Å². The summed E-state index contributed by atoms with van der Waals surface area (Å²) >= 11 is 24.0. The summed E-state index contributed by atoms with van der Waals surface area (Å²) in [4.78, 5) is 23.8. The van der Waals surface area contributed by atoms with Gasteiger partial charge in [-0.3, -0.25) is 9.59 Å². The largest absolute Gasteiger partial charge is 0.285 e. The van der Waals surface area contributed by atoms with Crippen molar-refractivity contribution in [3.63, 3.8) is 0 Å². The molecule has 0 aliphatic heterocycles. The monoisotopic (exact) mass is 318 g/mol. The molecule has 1 aliphatic rings. The van der Waals surface area contributed by atoms with Gasteiger partial charge in [-0.15, -0.1) is 0 Å². The molecule has 0 atom stereocenters. The van der Waals surface area contributed by atoms with Gasteiger partial charge >= 0.3 is 0 Å². The molecule has 90 valence electrons. The third-order valence-electron chi connectivity index (χ3n) is 2.87. The van der Waals surface area contributed by atoms with Crippen molar-refractivity contribution in [3.8, 4) is 0 Å². The minimum Gasteiger partial charge on any atom is -0.285 e. The molecule has 0 aromatic heterocycles. The molecule has 0 fully saturated rings. The van der Waals surface area contributed by atoms with Gasteiger partial charge in [0.1, 0.15) is 0 Å². The van der Waals surface area contributed by atoms with E-state index in [1.807, 2.05) is 0 Å². The number of halogens is 4. The summed E-state index contributed by atoms with van der Waals surface area (Å²) in [6, 6.07) is 2.81. The molecule has 2 aromatic rings. The Balaban J connectivity index is 2.70. The van der Waals surface area contributed by atoms with Crippen LogP contribution < -0.4 is 0 Å². The second-order valence-electron chi connectivity index (χ2n) is 3.84. The van der Waals surface area contributed by atoms with Crippen molar-refractivity contribution in [1.29, 1.82) is 0 Å². The van der Waals surface area contributed by atoms with E-state index in [1.165, 1.54) is 12.1 Å². The van der Waals surface area contributed by atoms with E-state index in [0.29, 0.717) is 10.8 Å². The third-order valence-corrected chi connectivity index (χ3v) is 4.06. The fourth-order valence-electron chi connectivity index (χ4n) is 2.15. The lowest BCUT2D eigenvalue weighted by molar-refractivity contribution is 0.0825. The van der Waals surface area contributed by atoms with E-state index in [9.17, 15) is 9.59 Å². The Labute approximate surface area is 121 Å². The van der Waals surface area contributed by atoms with Crippen LogP contribution in [0.15, 0.2) is 12.1 Å². The molecule has 2 nitrogen and oxygen atoms in total. The first-order valence-electron chi connectivity index (χ1n) is 4.82. The number of hydrogen-bond acceptors (Lipinski definition) is 2. The average Bonchev–Trinajstić information content (AvgIpc) is 2.51. The quantitative estimate of drug-likeness (QED) is 0.651. The van der Waals surface area contributed by atoms with Gasteiger partial charge in [-0.25, -0.2) is 0 Å². The molecular formula is C12H2Cl4O2. The van der Waals surface area contributed by atoms with E-state index >= 15 is 0 Å². The number of benzene rings is 2. The Morgan fingerprint density at radius 2 is 1.00 bits per heavy atom. The minimum absolute atomic E-state index is 0.125. The van der Waals surface area contributed by atoms with Crippen molar-refractivity contribution in [2.24, 2.45) is 0 Å². The molecule has 0 saturated carbocycles. The van der Waals surface area contributed by atoms with Crippen molar-refractivity contribution >= 4 is 68.7 Å². The summed E-state index contributed by atoms with van der Waals surface area (Å²) in [7, 11) is 0. The van der Waals surface area contributed by atoms with Gasteiger partial charge in [0.25, 0.3) is 0 Å². The Bertz CT molecular complexity index is 704. The van der Waals surface area contributed by atoms with E-state index < -0.39 is 11.6 Å². The number of carbonyl (C=O) groups is 2. The third kappa shape index (κ3) is 1.38. The standard InChI is InChI=1S/C12H2Cl4O2/c13-3-1-5(15)8-10-7(3)4(14)2-6(16)9(10)12(18)11(8)17/h1-2H. The van der Waals surface area contributed by atoms with Crippen LogP contribution in [0.1, 0.15) is 20.7 Å². The summed E-state index contributed by atoms with van der Waals surface area (Å²) in [5, 5.41) is 1.59. The summed E-state index contributed by atoms with van der Waals surface area (Å²) in [5.41, 5.74) is 0.251. The first-order valence-corrected chi connectivity index (χ1v) is 6.33. The molecule has 0 radical (unpaired) electrons. The Hall–Kier alpha value is -0.800. The molecule has 0 heterocycles. The van der Waals surface area contributed by atoms with Crippen LogP contribution in [0.4, 0.5) is 0 Å². The predicted octanol–water partition coefficient (Wildman–Crippen LogP) is 4.83. The maximum atomic E-state index is 11.9. The van der Waals surface area contributed by atoms with Crippen LogP contribution in [0.3, 0.4) is 0 Å². The van der Waals surface area contributed by atoms with Crippen LogP contribution in [0.5, 0.6) is 0 Å². The van der Waals surface area contributed by atoms with Crippen LogP contribution in [0.25, 0.3) is 10.8 Å². The van der Waals surface area contributed by atoms with Gasteiger partial charge in [0, 0.05) is 10.8 Å². The van der Waals surface area contributed by atoms with E-state index in [-0.39, 0.29) is 31.2 Å². The van der Waals surface area contributed by atoms with E-state index in [1.54, 1.807) is 0 Å². The van der Waals surface area contributed by atoms with Gasteiger partial charge < -0.3 is 0 Å². The lowest BCUT2D eigenvalue weighted by Gasteiger charge is -2.07. The lowest BCUT2D eigenvalue weighted by atomic mass is 10.0. The van der Waals surface area contributed by atoms with Crippen LogP contribution in [0, 0.1) is 0 Å². The molecule has 0 bridgehead atoms. The molecule has 0 saturated heterocycles. The zero-order valence-corrected chi connectivity index (χ0v) is 11.5. The maximum absolute atomic E-state index is 11.9. The fraction of sp³-hybridized carbons (Fsp3) is 0. The summed E-state index contributed by atoms with van der Waals surface area (Å²) in [6.07, 6.45) is 0. The van der Waals surface area contributed by atoms with Gasteiger partial charge in [-0.2, -0.15) is 0 Å². The van der Waals surface area contributed by atoms with Crippen molar-refractivity contribution in [2.45, 2.75) is 0 Å². The molecule has 18 heavy (non-hydrogen) atoms. The predicted molar refractivity (Wildman–Crippen MR) is 72.6 cm³/mol. The molecule has 6 heteroatoms. The highest BCUT2D eigenvalue weighted by molar-refractivity contribution is 6.63. The van der Waals surface area contributed by atoms with Gasteiger partial charge in [-0.1, -0.05) is 46.4 Å². The fourth-order valence-corrected chi connectivity index (χ4v) is 3.50.